The fourth-order valence-corrected chi connectivity index (χ4v) is 4.92. The van der Waals surface area contributed by atoms with Crippen LogP contribution in [0.15, 0.2) is 48.5 Å². The van der Waals surface area contributed by atoms with Gasteiger partial charge < -0.3 is 20.1 Å². The van der Waals surface area contributed by atoms with E-state index in [0.717, 1.165) is 27.2 Å². The molecule has 186 valence electrons. The summed E-state index contributed by atoms with van der Waals surface area (Å²) in [5, 5.41) is 10.6. The van der Waals surface area contributed by atoms with Crippen LogP contribution in [0.5, 0.6) is 0 Å². The van der Waals surface area contributed by atoms with Gasteiger partial charge in [0.1, 0.15) is 6.61 Å². The van der Waals surface area contributed by atoms with Crippen LogP contribution in [-0.4, -0.2) is 59.4 Å². The molecule has 0 aromatic heterocycles. The molecule has 7 nitrogen and oxygen atoms in total. The Morgan fingerprint density at radius 3 is 2.23 bits per heavy atom. The van der Waals surface area contributed by atoms with Crippen LogP contribution in [0, 0.1) is 0 Å². The largest absolute Gasteiger partial charge is 0.481 e. The fraction of sp³-hybridized carbons (Fsp3) is 0.400. The number of alkyl halides is 3. The number of nitrogens with one attached hydrogen (secondary N) is 1. The number of halogens is 3. The van der Waals surface area contributed by atoms with Crippen LogP contribution >= 0.6 is 0 Å². The van der Waals surface area contributed by atoms with Crippen LogP contribution in [-0.2, 0) is 14.3 Å². The monoisotopic (exact) mass is 490 g/mol. The Hall–Kier alpha value is -3.56. The molecule has 1 aliphatic heterocycles. The lowest BCUT2D eigenvalue weighted by Crippen LogP contribution is -2.57. The first-order valence-corrected chi connectivity index (χ1v) is 11.4. The number of ether oxygens (including phenoxy) is 1. The lowest BCUT2D eigenvalue weighted by molar-refractivity contribution is -0.175. The van der Waals surface area contributed by atoms with Gasteiger partial charge in [-0.2, -0.15) is 13.2 Å². The highest BCUT2D eigenvalue weighted by Crippen LogP contribution is 2.44. The molecule has 2 aromatic carbocycles. The quantitative estimate of drug-likeness (QED) is 0.603. The maximum atomic E-state index is 13.7. The zero-order valence-electron chi connectivity index (χ0n) is 18.8. The normalized spacial score (nSPS) is 18.0. The third-order valence-corrected chi connectivity index (χ3v) is 6.53. The molecule has 0 radical (unpaired) electrons. The Morgan fingerprint density at radius 2 is 1.66 bits per heavy atom. The van der Waals surface area contributed by atoms with Crippen molar-refractivity contribution in [1.82, 2.24) is 10.2 Å². The number of hydrogen-bond donors (Lipinski definition) is 2. The number of carbonyl (C=O) groups is 3. The number of amides is 2. The standard InChI is InChI=1S/C25H25F3N2O5/c26-25(27,28)22(23(33)30-13-5-6-15(30)11-12-21(31)32)29-24(34)35-14-20-18-9-3-1-7-16(18)17-8-2-4-10-19(17)20/h1-4,7-10,15,20,22H,5-6,11-14H2,(H,29,34)(H,31,32). The van der Waals surface area contributed by atoms with Gasteiger partial charge in [0.05, 0.1) is 0 Å². The van der Waals surface area contributed by atoms with Crippen molar-refractivity contribution in [3.63, 3.8) is 0 Å². The summed E-state index contributed by atoms with van der Waals surface area (Å²) < 4.78 is 46.4. The van der Waals surface area contributed by atoms with Crippen molar-refractivity contribution in [2.45, 2.75) is 49.9 Å². The Morgan fingerprint density at radius 1 is 1.06 bits per heavy atom. The Bertz CT molecular complexity index is 1070. The minimum atomic E-state index is -5.04. The molecule has 2 aliphatic rings. The van der Waals surface area contributed by atoms with E-state index in [1.54, 1.807) is 5.32 Å². The second-order valence-electron chi connectivity index (χ2n) is 8.70. The van der Waals surface area contributed by atoms with Crippen molar-refractivity contribution in [3.8, 4) is 11.1 Å². The zero-order valence-corrected chi connectivity index (χ0v) is 18.8. The Kier molecular flexibility index (Phi) is 7.00. The average molecular weight is 490 g/mol. The van der Waals surface area contributed by atoms with E-state index in [0.29, 0.717) is 12.8 Å². The number of benzene rings is 2. The van der Waals surface area contributed by atoms with Crippen LogP contribution in [0.3, 0.4) is 0 Å². The third kappa shape index (κ3) is 5.26. The first-order chi connectivity index (χ1) is 16.7. The number of carbonyl (C=O) groups excluding carboxylic acids is 2. The maximum Gasteiger partial charge on any atom is 0.417 e. The third-order valence-electron chi connectivity index (χ3n) is 6.53. The molecule has 10 heteroatoms. The van der Waals surface area contributed by atoms with Gasteiger partial charge in [0.2, 0.25) is 6.04 Å². The van der Waals surface area contributed by atoms with E-state index in [9.17, 15) is 27.6 Å². The first-order valence-electron chi connectivity index (χ1n) is 11.4. The summed E-state index contributed by atoms with van der Waals surface area (Å²) in [6, 6.07) is 11.7. The van der Waals surface area contributed by atoms with Crippen molar-refractivity contribution in [1.29, 1.82) is 0 Å². The van der Waals surface area contributed by atoms with Crippen LogP contribution in [0.4, 0.5) is 18.0 Å². The van der Waals surface area contributed by atoms with Crippen LogP contribution in [0.2, 0.25) is 0 Å². The molecule has 2 N–H and O–H groups in total. The number of hydrogen-bond acceptors (Lipinski definition) is 4. The molecule has 2 aromatic rings. The van der Waals surface area contributed by atoms with Gasteiger partial charge in [-0.05, 0) is 41.5 Å². The summed E-state index contributed by atoms with van der Waals surface area (Å²) in [5.74, 6) is -2.74. The summed E-state index contributed by atoms with van der Waals surface area (Å²) in [5.41, 5.74) is 3.76. The predicted molar refractivity (Wildman–Crippen MR) is 120 cm³/mol. The highest BCUT2D eigenvalue weighted by molar-refractivity contribution is 5.87. The molecule has 0 bridgehead atoms. The molecule has 0 saturated carbocycles. The van der Waals surface area contributed by atoms with Gasteiger partial charge in [0, 0.05) is 24.9 Å². The Balaban J connectivity index is 1.44. The average Bonchev–Trinajstić information content (AvgIpc) is 3.41. The lowest BCUT2D eigenvalue weighted by Gasteiger charge is -2.30. The number of carboxylic acids is 1. The van der Waals surface area contributed by atoms with Gasteiger partial charge in [-0.15, -0.1) is 0 Å². The van der Waals surface area contributed by atoms with Gasteiger partial charge in [-0.3, -0.25) is 9.59 Å². The second kappa shape index (κ2) is 9.97. The van der Waals surface area contributed by atoms with E-state index in [-0.39, 0.29) is 31.9 Å². The molecular weight excluding hydrogens is 465 g/mol. The lowest BCUT2D eigenvalue weighted by atomic mass is 9.98. The highest BCUT2D eigenvalue weighted by atomic mass is 19.4. The molecular formula is C25H25F3N2O5. The zero-order chi connectivity index (χ0) is 25.2. The highest BCUT2D eigenvalue weighted by Gasteiger charge is 2.49. The number of likely N-dealkylation sites (tertiary alicyclic amines) is 1. The van der Waals surface area contributed by atoms with E-state index < -0.39 is 36.2 Å². The summed E-state index contributed by atoms with van der Waals surface area (Å²) in [6.45, 7) is -0.119. The molecule has 0 spiro atoms. The van der Waals surface area contributed by atoms with Crippen molar-refractivity contribution < 1.29 is 37.4 Å². The number of nitrogens with zero attached hydrogens (tertiary/aromatic N) is 1. The first kappa shape index (κ1) is 24.6. The predicted octanol–water partition coefficient (Wildman–Crippen LogP) is 4.31. The van der Waals surface area contributed by atoms with Gasteiger partial charge in [0.25, 0.3) is 5.91 Å². The van der Waals surface area contributed by atoms with Crippen molar-refractivity contribution >= 4 is 18.0 Å². The van der Waals surface area contributed by atoms with Gasteiger partial charge >= 0.3 is 18.2 Å². The van der Waals surface area contributed by atoms with Gasteiger partial charge in [-0.1, -0.05) is 48.5 Å². The van der Waals surface area contributed by atoms with E-state index >= 15 is 0 Å². The summed E-state index contributed by atoms with van der Waals surface area (Å²) in [4.78, 5) is 37.0. The number of carboxylic acid groups (broad SMARTS) is 1. The van der Waals surface area contributed by atoms with E-state index in [2.05, 4.69) is 0 Å². The molecule has 2 atom stereocenters. The summed E-state index contributed by atoms with van der Waals surface area (Å²) in [6.07, 6.45) is -5.71. The molecule has 4 rings (SSSR count). The van der Waals surface area contributed by atoms with E-state index in [4.69, 9.17) is 9.84 Å². The van der Waals surface area contributed by atoms with Gasteiger partial charge in [0.15, 0.2) is 0 Å². The molecule has 2 amide bonds. The van der Waals surface area contributed by atoms with E-state index in [1.165, 1.54) is 0 Å². The smallest absolute Gasteiger partial charge is 0.417 e. The molecule has 35 heavy (non-hydrogen) atoms. The molecule has 1 saturated heterocycles. The molecule has 1 aliphatic carbocycles. The van der Waals surface area contributed by atoms with Crippen LogP contribution < -0.4 is 5.32 Å². The minimum Gasteiger partial charge on any atom is -0.481 e. The van der Waals surface area contributed by atoms with Crippen LogP contribution in [0.1, 0.15) is 42.7 Å². The van der Waals surface area contributed by atoms with Crippen LogP contribution in [0.25, 0.3) is 11.1 Å². The SMILES string of the molecule is O=C(O)CCC1CCCN1C(=O)C(NC(=O)OCC1c2ccccc2-c2ccccc21)C(F)(F)F. The van der Waals surface area contributed by atoms with Crippen molar-refractivity contribution in [2.75, 3.05) is 13.2 Å². The number of fused-ring (bicyclic) bond motifs is 3. The van der Waals surface area contributed by atoms with E-state index in [1.807, 2.05) is 48.5 Å². The Labute approximate surface area is 199 Å². The number of aliphatic carboxylic acids is 1. The maximum absolute atomic E-state index is 13.7. The number of alkyl carbamates (subject to hydrolysis) is 1. The second-order valence-corrected chi connectivity index (χ2v) is 8.70. The number of rotatable bonds is 7. The molecule has 1 fully saturated rings. The van der Waals surface area contributed by atoms with Gasteiger partial charge in [-0.25, -0.2) is 4.79 Å². The minimum absolute atomic E-state index is 0.0522. The topological polar surface area (TPSA) is 95.9 Å². The molecule has 1 heterocycles. The fourth-order valence-electron chi connectivity index (χ4n) is 4.92. The summed E-state index contributed by atoms with van der Waals surface area (Å²) in [7, 11) is 0. The van der Waals surface area contributed by atoms with Crippen molar-refractivity contribution in [3.05, 3.63) is 59.7 Å². The summed E-state index contributed by atoms with van der Waals surface area (Å²) >= 11 is 0. The van der Waals surface area contributed by atoms with Crippen molar-refractivity contribution in [2.24, 2.45) is 0 Å². The molecule has 2 unspecified atom stereocenters.